The highest BCUT2D eigenvalue weighted by Gasteiger charge is 2.35. The molecular formula is C24H33FN4O2. The predicted molar refractivity (Wildman–Crippen MR) is 116 cm³/mol. The third kappa shape index (κ3) is 4.54. The number of hydrogen-bond donors (Lipinski definition) is 2. The van der Waals surface area contributed by atoms with Gasteiger partial charge in [-0.2, -0.15) is 0 Å². The van der Waals surface area contributed by atoms with Crippen molar-refractivity contribution in [2.75, 3.05) is 32.7 Å². The van der Waals surface area contributed by atoms with Crippen LogP contribution < -0.4 is 10.6 Å². The zero-order valence-corrected chi connectivity index (χ0v) is 18.2. The molecule has 0 aliphatic carbocycles. The molecule has 1 atom stereocenters. The lowest BCUT2D eigenvalue weighted by Gasteiger charge is -2.35. The van der Waals surface area contributed by atoms with Crippen LogP contribution in [-0.2, 0) is 22.7 Å². The first-order chi connectivity index (χ1) is 15.1. The Morgan fingerprint density at radius 2 is 1.68 bits per heavy atom. The van der Waals surface area contributed by atoms with Crippen molar-refractivity contribution in [2.24, 2.45) is 5.92 Å². The first kappa shape index (κ1) is 21.0. The fourth-order valence-corrected chi connectivity index (χ4v) is 5.89. The van der Waals surface area contributed by atoms with Gasteiger partial charge in [-0.15, -0.1) is 0 Å². The van der Waals surface area contributed by atoms with E-state index in [0.29, 0.717) is 25.9 Å². The molecule has 1 unspecified atom stereocenters. The Hall–Kier alpha value is -1.83. The Labute approximate surface area is 183 Å². The van der Waals surface area contributed by atoms with Crippen molar-refractivity contribution in [2.45, 2.75) is 63.6 Å². The van der Waals surface area contributed by atoms with Crippen LogP contribution in [0.1, 0.15) is 61.1 Å². The third-order valence-corrected chi connectivity index (χ3v) is 7.72. The molecule has 0 spiro atoms. The van der Waals surface area contributed by atoms with E-state index < -0.39 is 0 Å². The number of nitrogens with one attached hydrogen (secondary N) is 2. The van der Waals surface area contributed by atoms with Gasteiger partial charge in [-0.25, -0.2) is 4.39 Å². The largest absolute Gasteiger partial charge is 0.317 e. The molecule has 1 aromatic carbocycles. The standard InChI is InChI=1S/C24H33FN4O2/c25-21-12-19-15-29(22-1-2-23(30)27-24(22)31)14-18(19)11-20(21)17-5-9-28(10-6-17)13-16-3-7-26-8-4-16/h11-12,16-17,22,26H,1-10,13-15H2,(H,27,30,31). The Balaban J connectivity index is 1.21. The summed E-state index contributed by atoms with van der Waals surface area (Å²) in [5, 5.41) is 5.87. The Kier molecular flexibility index (Phi) is 6.08. The summed E-state index contributed by atoms with van der Waals surface area (Å²) in [5.41, 5.74) is 2.97. The molecule has 1 aromatic rings. The molecule has 31 heavy (non-hydrogen) atoms. The zero-order valence-electron chi connectivity index (χ0n) is 18.2. The van der Waals surface area contributed by atoms with Crippen molar-refractivity contribution >= 4 is 11.8 Å². The van der Waals surface area contributed by atoms with Gasteiger partial charge in [0.2, 0.25) is 11.8 Å². The van der Waals surface area contributed by atoms with E-state index in [1.165, 1.54) is 19.4 Å². The molecule has 4 heterocycles. The molecule has 2 N–H and O–H groups in total. The summed E-state index contributed by atoms with van der Waals surface area (Å²) < 4.78 is 15.0. The zero-order chi connectivity index (χ0) is 21.4. The van der Waals surface area contributed by atoms with Gasteiger partial charge in [-0.05, 0) is 92.9 Å². The maximum atomic E-state index is 15.0. The van der Waals surface area contributed by atoms with Gasteiger partial charge in [0.15, 0.2) is 0 Å². The summed E-state index contributed by atoms with van der Waals surface area (Å²) in [6.07, 6.45) is 5.48. The van der Waals surface area contributed by atoms with Gasteiger partial charge in [0, 0.05) is 26.1 Å². The minimum atomic E-state index is -0.296. The molecule has 7 heteroatoms. The van der Waals surface area contributed by atoms with Crippen LogP contribution in [-0.4, -0.2) is 60.4 Å². The second-order valence-electron chi connectivity index (χ2n) is 9.78. The summed E-state index contributed by atoms with van der Waals surface area (Å²) in [5.74, 6) is 0.566. The SMILES string of the molecule is O=C1CCC(N2Cc3cc(F)c(C4CCN(CC5CCNCC5)CC4)cc3C2)C(=O)N1. The van der Waals surface area contributed by atoms with Crippen LogP contribution in [0.15, 0.2) is 12.1 Å². The first-order valence-electron chi connectivity index (χ1n) is 11.9. The number of likely N-dealkylation sites (tertiary alicyclic amines) is 1. The number of carbonyl (C=O) groups is 2. The van der Waals surface area contributed by atoms with Gasteiger partial charge in [0.1, 0.15) is 5.82 Å². The Morgan fingerprint density at radius 1 is 0.968 bits per heavy atom. The summed E-state index contributed by atoms with van der Waals surface area (Å²) in [4.78, 5) is 28.3. The molecule has 5 rings (SSSR count). The number of carbonyl (C=O) groups excluding carboxylic acids is 2. The van der Waals surface area contributed by atoms with Crippen LogP contribution in [0.4, 0.5) is 4.39 Å². The Bertz CT molecular complexity index is 846. The second kappa shape index (κ2) is 8.96. The van der Waals surface area contributed by atoms with Crippen molar-refractivity contribution in [3.8, 4) is 0 Å². The summed E-state index contributed by atoms with van der Waals surface area (Å²) >= 11 is 0. The molecule has 0 aromatic heterocycles. The molecule has 0 bridgehead atoms. The number of benzene rings is 1. The number of hydrogen-bond acceptors (Lipinski definition) is 5. The van der Waals surface area contributed by atoms with Gasteiger partial charge >= 0.3 is 0 Å². The van der Waals surface area contributed by atoms with Gasteiger partial charge in [-0.3, -0.25) is 19.8 Å². The maximum absolute atomic E-state index is 15.0. The van der Waals surface area contributed by atoms with Gasteiger partial charge < -0.3 is 10.2 Å². The molecule has 2 amide bonds. The van der Waals surface area contributed by atoms with E-state index in [2.05, 4.69) is 26.5 Å². The number of amides is 2. The lowest BCUT2D eigenvalue weighted by Crippen LogP contribution is -2.50. The highest BCUT2D eigenvalue weighted by molar-refractivity contribution is 6.00. The molecule has 3 fully saturated rings. The number of nitrogens with zero attached hydrogens (tertiary/aromatic N) is 2. The molecule has 3 saturated heterocycles. The number of imide groups is 1. The Morgan fingerprint density at radius 3 is 2.39 bits per heavy atom. The molecule has 168 valence electrons. The highest BCUT2D eigenvalue weighted by Crippen LogP contribution is 2.35. The average molecular weight is 429 g/mol. The van der Waals surface area contributed by atoms with Crippen LogP contribution in [0.5, 0.6) is 0 Å². The van der Waals surface area contributed by atoms with Gasteiger partial charge in [0.05, 0.1) is 6.04 Å². The van der Waals surface area contributed by atoms with Gasteiger partial charge in [-0.1, -0.05) is 6.07 Å². The lowest BCUT2D eigenvalue weighted by molar-refractivity contribution is -0.137. The van der Waals surface area contributed by atoms with Crippen molar-refractivity contribution < 1.29 is 14.0 Å². The minimum absolute atomic E-state index is 0.0966. The lowest BCUT2D eigenvalue weighted by atomic mass is 9.86. The predicted octanol–water partition coefficient (Wildman–Crippen LogP) is 2.13. The number of fused-ring (bicyclic) bond motifs is 1. The maximum Gasteiger partial charge on any atom is 0.243 e. The monoisotopic (exact) mass is 428 g/mol. The summed E-state index contributed by atoms with van der Waals surface area (Å²) in [7, 11) is 0. The molecule has 0 radical (unpaired) electrons. The van der Waals surface area contributed by atoms with Crippen molar-refractivity contribution in [1.29, 1.82) is 0 Å². The third-order valence-electron chi connectivity index (χ3n) is 7.72. The average Bonchev–Trinajstić information content (AvgIpc) is 3.17. The molecular weight excluding hydrogens is 395 g/mol. The van der Waals surface area contributed by atoms with E-state index in [1.54, 1.807) is 6.07 Å². The number of halogens is 1. The fourth-order valence-electron chi connectivity index (χ4n) is 5.89. The van der Waals surface area contributed by atoms with E-state index in [9.17, 15) is 9.59 Å². The minimum Gasteiger partial charge on any atom is -0.317 e. The van der Waals surface area contributed by atoms with E-state index >= 15 is 4.39 Å². The van der Waals surface area contributed by atoms with E-state index in [0.717, 1.165) is 61.6 Å². The second-order valence-corrected chi connectivity index (χ2v) is 9.78. The normalized spacial score (nSPS) is 26.8. The van der Waals surface area contributed by atoms with Crippen LogP contribution in [0.2, 0.25) is 0 Å². The first-order valence-corrected chi connectivity index (χ1v) is 11.9. The molecule has 0 saturated carbocycles. The van der Waals surface area contributed by atoms with E-state index in [4.69, 9.17) is 0 Å². The molecule has 6 nitrogen and oxygen atoms in total. The van der Waals surface area contributed by atoms with Crippen molar-refractivity contribution in [3.05, 3.63) is 34.6 Å². The molecule has 4 aliphatic rings. The number of piperidine rings is 3. The smallest absolute Gasteiger partial charge is 0.243 e. The van der Waals surface area contributed by atoms with Crippen LogP contribution in [0.25, 0.3) is 0 Å². The summed E-state index contributed by atoms with van der Waals surface area (Å²) in [6, 6.07) is 3.46. The van der Waals surface area contributed by atoms with Gasteiger partial charge in [0.25, 0.3) is 0 Å². The quantitative estimate of drug-likeness (QED) is 0.720. The van der Waals surface area contributed by atoms with Crippen molar-refractivity contribution in [1.82, 2.24) is 20.4 Å². The van der Waals surface area contributed by atoms with Crippen LogP contribution in [0.3, 0.4) is 0 Å². The summed E-state index contributed by atoms with van der Waals surface area (Å²) in [6.45, 7) is 6.79. The topological polar surface area (TPSA) is 64.7 Å². The highest BCUT2D eigenvalue weighted by atomic mass is 19.1. The number of rotatable bonds is 4. The van der Waals surface area contributed by atoms with Crippen LogP contribution in [0, 0.1) is 11.7 Å². The van der Waals surface area contributed by atoms with E-state index in [1.807, 2.05) is 0 Å². The fraction of sp³-hybridized carbons (Fsp3) is 0.667. The van der Waals surface area contributed by atoms with E-state index in [-0.39, 0.29) is 29.6 Å². The van der Waals surface area contributed by atoms with Crippen molar-refractivity contribution in [3.63, 3.8) is 0 Å². The van der Waals surface area contributed by atoms with Crippen LogP contribution >= 0.6 is 0 Å². The molecule has 4 aliphatic heterocycles.